The average molecular weight is 258 g/mol. The van der Waals surface area contributed by atoms with Gasteiger partial charge in [0.05, 0.1) is 12.7 Å². The van der Waals surface area contributed by atoms with Crippen LogP contribution in [0.25, 0.3) is 0 Å². The van der Waals surface area contributed by atoms with Gasteiger partial charge in [0.2, 0.25) is 12.3 Å². The predicted octanol–water partition coefficient (Wildman–Crippen LogP) is -1.17. The summed E-state index contributed by atoms with van der Waals surface area (Å²) in [6.07, 6.45) is 2.26. The molecule has 0 aromatic heterocycles. The third kappa shape index (κ3) is 3.52. The molecule has 3 unspecified atom stereocenters. The summed E-state index contributed by atoms with van der Waals surface area (Å²) in [4.78, 5) is 23.3. The summed E-state index contributed by atoms with van der Waals surface area (Å²) in [6.45, 7) is -0.137. The maximum Gasteiger partial charge on any atom is 0.245 e. The Labute approximate surface area is 105 Å². The van der Waals surface area contributed by atoms with Gasteiger partial charge in [0.1, 0.15) is 6.10 Å². The zero-order chi connectivity index (χ0) is 13.5. The molecular formula is C11H18N2O5. The van der Waals surface area contributed by atoms with Crippen LogP contribution in [0.1, 0.15) is 6.42 Å². The lowest BCUT2D eigenvalue weighted by atomic mass is 10.2. The van der Waals surface area contributed by atoms with Crippen LogP contribution in [0.5, 0.6) is 0 Å². The molecule has 102 valence electrons. The van der Waals surface area contributed by atoms with Crippen LogP contribution in [0.2, 0.25) is 0 Å². The lowest BCUT2D eigenvalue weighted by molar-refractivity contribution is -0.134. The van der Waals surface area contributed by atoms with E-state index in [9.17, 15) is 9.59 Å². The maximum absolute atomic E-state index is 11.1. The van der Waals surface area contributed by atoms with E-state index in [1.165, 1.54) is 31.3 Å². The molecule has 1 aliphatic heterocycles. The number of hydrogen-bond donors (Lipinski definition) is 2. The van der Waals surface area contributed by atoms with Crippen LogP contribution in [-0.2, 0) is 19.1 Å². The number of amides is 2. The van der Waals surface area contributed by atoms with Gasteiger partial charge in [0.25, 0.3) is 0 Å². The van der Waals surface area contributed by atoms with Crippen LogP contribution in [0, 0.1) is 0 Å². The van der Waals surface area contributed by atoms with E-state index in [0.717, 1.165) is 0 Å². The fourth-order valence-electron chi connectivity index (χ4n) is 1.73. The first kappa shape index (κ1) is 14.6. The van der Waals surface area contributed by atoms with Gasteiger partial charge in [-0.2, -0.15) is 0 Å². The summed E-state index contributed by atoms with van der Waals surface area (Å²) >= 11 is 0. The molecule has 2 N–H and O–H groups in total. The zero-order valence-electron chi connectivity index (χ0n) is 10.4. The van der Waals surface area contributed by atoms with Gasteiger partial charge < -0.3 is 19.9 Å². The summed E-state index contributed by atoms with van der Waals surface area (Å²) < 4.78 is 10.7. The van der Waals surface area contributed by atoms with E-state index in [4.69, 9.17) is 14.6 Å². The zero-order valence-corrected chi connectivity index (χ0v) is 10.4. The molecule has 0 spiro atoms. The molecule has 0 saturated carbocycles. The minimum Gasteiger partial charge on any atom is -0.394 e. The van der Waals surface area contributed by atoms with E-state index in [2.05, 4.69) is 5.32 Å². The Bertz CT molecular complexity index is 321. The number of hydrogen-bond acceptors (Lipinski definition) is 5. The number of nitrogens with zero attached hydrogens (tertiary/aromatic N) is 1. The molecular weight excluding hydrogens is 240 g/mol. The Hall–Kier alpha value is -1.44. The first-order valence-corrected chi connectivity index (χ1v) is 5.58. The van der Waals surface area contributed by atoms with Crippen molar-refractivity contribution in [1.29, 1.82) is 0 Å². The van der Waals surface area contributed by atoms with Crippen molar-refractivity contribution < 1.29 is 24.2 Å². The maximum atomic E-state index is 11.1. The van der Waals surface area contributed by atoms with Gasteiger partial charge in [-0.3, -0.25) is 14.5 Å². The van der Waals surface area contributed by atoms with Gasteiger partial charge in [-0.1, -0.05) is 0 Å². The summed E-state index contributed by atoms with van der Waals surface area (Å²) in [5.41, 5.74) is 0. The topological polar surface area (TPSA) is 88.1 Å². The Morgan fingerprint density at radius 2 is 2.39 bits per heavy atom. The lowest BCUT2D eigenvalue weighted by Crippen LogP contribution is -2.38. The molecule has 3 atom stereocenters. The summed E-state index contributed by atoms with van der Waals surface area (Å²) in [5, 5.41) is 11.4. The fourth-order valence-corrected chi connectivity index (χ4v) is 1.73. The van der Waals surface area contributed by atoms with E-state index in [0.29, 0.717) is 12.8 Å². The smallest absolute Gasteiger partial charge is 0.245 e. The van der Waals surface area contributed by atoms with E-state index < -0.39 is 6.23 Å². The number of carbonyl (C=O) groups is 2. The second-order valence-corrected chi connectivity index (χ2v) is 3.82. The number of likely N-dealkylation sites (N-methyl/N-ethyl adjacent to an activating group) is 1. The van der Waals surface area contributed by atoms with Gasteiger partial charge in [-0.25, -0.2) is 0 Å². The summed E-state index contributed by atoms with van der Waals surface area (Å²) in [7, 11) is 3.00. The fraction of sp³-hybridized carbons (Fsp3) is 0.636. The van der Waals surface area contributed by atoms with Crippen LogP contribution in [0.15, 0.2) is 12.3 Å². The van der Waals surface area contributed by atoms with Crippen LogP contribution in [0.3, 0.4) is 0 Å². The summed E-state index contributed by atoms with van der Waals surface area (Å²) in [6, 6.07) is 0. The van der Waals surface area contributed by atoms with Crippen molar-refractivity contribution in [3.8, 4) is 0 Å². The van der Waals surface area contributed by atoms with E-state index in [1.54, 1.807) is 0 Å². The normalized spacial score (nSPS) is 27.4. The van der Waals surface area contributed by atoms with Gasteiger partial charge in [0.15, 0.2) is 6.23 Å². The minimum absolute atomic E-state index is 0.137. The molecule has 0 aromatic rings. The van der Waals surface area contributed by atoms with Gasteiger partial charge in [-0.05, 0) is 0 Å². The van der Waals surface area contributed by atoms with Gasteiger partial charge >= 0.3 is 0 Å². The van der Waals surface area contributed by atoms with Crippen molar-refractivity contribution in [1.82, 2.24) is 10.2 Å². The van der Waals surface area contributed by atoms with Crippen molar-refractivity contribution >= 4 is 12.3 Å². The Morgan fingerprint density at radius 3 is 2.89 bits per heavy atom. The second kappa shape index (κ2) is 7.10. The molecule has 18 heavy (non-hydrogen) atoms. The Morgan fingerprint density at radius 1 is 1.67 bits per heavy atom. The van der Waals surface area contributed by atoms with Gasteiger partial charge in [-0.15, -0.1) is 0 Å². The molecule has 2 amide bonds. The first-order valence-electron chi connectivity index (χ1n) is 5.58. The van der Waals surface area contributed by atoms with Crippen molar-refractivity contribution in [3.05, 3.63) is 12.3 Å². The van der Waals surface area contributed by atoms with E-state index >= 15 is 0 Å². The minimum atomic E-state index is -0.634. The van der Waals surface area contributed by atoms with E-state index in [-0.39, 0.29) is 24.7 Å². The highest BCUT2D eigenvalue weighted by molar-refractivity contribution is 5.87. The SMILES string of the molecule is CNC(=O)/C=C\N(C=O)C1OC(CO)CC1OC. The molecule has 0 aromatic carbocycles. The number of nitrogens with one attached hydrogen (secondary N) is 1. The number of aliphatic hydroxyl groups is 1. The lowest BCUT2D eigenvalue weighted by Gasteiger charge is -2.24. The highest BCUT2D eigenvalue weighted by Crippen LogP contribution is 2.24. The highest BCUT2D eigenvalue weighted by Gasteiger charge is 2.38. The third-order valence-corrected chi connectivity index (χ3v) is 2.71. The molecule has 7 heteroatoms. The molecule has 0 radical (unpaired) electrons. The van der Waals surface area contributed by atoms with E-state index in [1.807, 2.05) is 0 Å². The van der Waals surface area contributed by atoms with Crippen LogP contribution >= 0.6 is 0 Å². The molecule has 1 heterocycles. The molecule has 0 bridgehead atoms. The number of aliphatic hydroxyl groups excluding tert-OH is 1. The van der Waals surface area contributed by atoms with Crippen LogP contribution < -0.4 is 5.32 Å². The number of rotatable bonds is 6. The van der Waals surface area contributed by atoms with Crippen molar-refractivity contribution in [2.24, 2.45) is 0 Å². The number of carbonyl (C=O) groups excluding carboxylic acids is 2. The van der Waals surface area contributed by atoms with Gasteiger partial charge in [0, 0.05) is 32.9 Å². The number of methoxy groups -OCH3 is 1. The molecule has 7 nitrogen and oxygen atoms in total. The standard InChI is InChI=1S/C11H18N2O5/c1-12-10(16)3-4-13(7-15)11-9(17-2)5-8(6-14)18-11/h3-4,7-9,11,14H,5-6H2,1-2H3,(H,12,16)/b4-3-. The van der Waals surface area contributed by atoms with Crippen molar-refractivity contribution in [2.45, 2.75) is 24.9 Å². The second-order valence-electron chi connectivity index (χ2n) is 3.82. The van der Waals surface area contributed by atoms with Crippen LogP contribution in [0.4, 0.5) is 0 Å². The monoisotopic (exact) mass is 258 g/mol. The number of ether oxygens (including phenoxy) is 2. The summed E-state index contributed by atoms with van der Waals surface area (Å²) in [5.74, 6) is -0.326. The largest absolute Gasteiger partial charge is 0.394 e. The van der Waals surface area contributed by atoms with Crippen molar-refractivity contribution in [2.75, 3.05) is 20.8 Å². The molecule has 1 saturated heterocycles. The van der Waals surface area contributed by atoms with Crippen LogP contribution in [-0.4, -0.2) is 61.5 Å². The third-order valence-electron chi connectivity index (χ3n) is 2.71. The predicted molar refractivity (Wildman–Crippen MR) is 62.3 cm³/mol. The highest BCUT2D eigenvalue weighted by atomic mass is 16.6. The Kier molecular flexibility index (Phi) is 5.76. The molecule has 1 aliphatic rings. The average Bonchev–Trinajstić information content (AvgIpc) is 2.82. The molecule has 1 fully saturated rings. The Balaban J connectivity index is 2.71. The molecule has 0 aliphatic carbocycles. The first-order chi connectivity index (χ1) is 8.65. The van der Waals surface area contributed by atoms with Crippen molar-refractivity contribution in [3.63, 3.8) is 0 Å². The molecule has 1 rings (SSSR count). The quantitative estimate of drug-likeness (QED) is 0.463.